The van der Waals surface area contributed by atoms with Crippen molar-refractivity contribution in [3.8, 4) is 5.75 Å². The Hall–Kier alpha value is -1.17. The summed E-state index contributed by atoms with van der Waals surface area (Å²) in [7, 11) is 0. The van der Waals surface area contributed by atoms with E-state index in [2.05, 4.69) is 30.6 Å². The van der Waals surface area contributed by atoms with Crippen molar-refractivity contribution in [2.75, 3.05) is 0 Å². The molecular weight excluding hydrogens is 214 g/mol. The maximum atomic E-state index is 10.2. The number of aromatic nitrogens is 2. The largest absolute Gasteiger partial charge is 0.410 e. The summed E-state index contributed by atoms with van der Waals surface area (Å²) >= 11 is 3.02. The van der Waals surface area contributed by atoms with E-state index in [0.29, 0.717) is 4.73 Å². The summed E-state index contributed by atoms with van der Waals surface area (Å²) in [6.45, 7) is 0. The van der Waals surface area contributed by atoms with Crippen molar-refractivity contribution in [2.45, 2.75) is 0 Å². The minimum absolute atomic E-state index is 0.223. The Kier molecular flexibility index (Phi) is 2.37. The summed E-state index contributed by atoms with van der Waals surface area (Å²) in [5.74, 6) is 0.223. The number of hydrogen-bond donors (Lipinski definition) is 1. The molecule has 0 unspecified atom stereocenters. The third-order valence-electron chi connectivity index (χ3n) is 0.815. The van der Waals surface area contributed by atoms with E-state index in [9.17, 15) is 4.79 Å². The van der Waals surface area contributed by atoms with Gasteiger partial charge in [-0.25, -0.2) is 14.8 Å². The third kappa shape index (κ3) is 2.50. The number of nitrogens with two attached hydrogens (primary N) is 1. The average Bonchev–Trinajstić information content (AvgIpc) is 1.93. The van der Waals surface area contributed by atoms with Crippen LogP contribution in [-0.2, 0) is 0 Å². The van der Waals surface area contributed by atoms with E-state index in [1.807, 2.05) is 0 Å². The summed E-state index contributed by atoms with van der Waals surface area (Å²) in [6.07, 6.45) is 1.79. The van der Waals surface area contributed by atoms with Crippen LogP contribution in [0.1, 0.15) is 0 Å². The Balaban J connectivity index is 2.74. The lowest BCUT2D eigenvalue weighted by Gasteiger charge is -1.97. The number of ether oxygens (including phenoxy) is 1. The van der Waals surface area contributed by atoms with Crippen LogP contribution in [0.2, 0.25) is 0 Å². The predicted molar refractivity (Wildman–Crippen MR) is 39.9 cm³/mol. The van der Waals surface area contributed by atoms with Crippen LogP contribution in [0.4, 0.5) is 4.79 Å². The van der Waals surface area contributed by atoms with Crippen molar-refractivity contribution in [3.05, 3.63) is 17.1 Å². The summed E-state index contributed by atoms with van der Waals surface area (Å²) in [4.78, 5) is 17.6. The van der Waals surface area contributed by atoms with E-state index in [1.165, 1.54) is 12.4 Å². The van der Waals surface area contributed by atoms with Crippen molar-refractivity contribution in [3.63, 3.8) is 0 Å². The summed E-state index contributed by atoms with van der Waals surface area (Å²) in [6, 6.07) is 0. The molecule has 0 aliphatic heterocycles. The summed E-state index contributed by atoms with van der Waals surface area (Å²) in [5, 5.41) is 0. The number of rotatable bonds is 1. The van der Waals surface area contributed by atoms with E-state index in [1.54, 1.807) is 0 Å². The van der Waals surface area contributed by atoms with Gasteiger partial charge in [-0.3, -0.25) is 0 Å². The van der Waals surface area contributed by atoms with Gasteiger partial charge in [0.2, 0.25) is 0 Å². The highest BCUT2D eigenvalue weighted by Crippen LogP contribution is 2.08. The van der Waals surface area contributed by atoms with Crippen LogP contribution in [0.25, 0.3) is 0 Å². The zero-order valence-electron chi connectivity index (χ0n) is 5.32. The van der Waals surface area contributed by atoms with Gasteiger partial charge in [0.25, 0.3) is 0 Å². The molecule has 1 aromatic heterocycles. The SMILES string of the molecule is NC(=O)Oc1cnc(Br)nc1. The van der Waals surface area contributed by atoms with E-state index in [-0.39, 0.29) is 5.75 Å². The lowest BCUT2D eigenvalue weighted by Crippen LogP contribution is -2.16. The number of carbonyl (C=O) groups excluding carboxylic acids is 1. The summed E-state index contributed by atoms with van der Waals surface area (Å²) in [5.41, 5.74) is 4.73. The van der Waals surface area contributed by atoms with Crippen molar-refractivity contribution < 1.29 is 9.53 Å². The van der Waals surface area contributed by atoms with Gasteiger partial charge in [0.15, 0.2) is 10.5 Å². The molecule has 1 heterocycles. The molecule has 1 aromatic rings. The van der Waals surface area contributed by atoms with Crippen molar-refractivity contribution >= 4 is 22.0 Å². The molecule has 0 aliphatic rings. The Morgan fingerprint density at radius 1 is 1.55 bits per heavy atom. The highest BCUT2D eigenvalue weighted by atomic mass is 79.9. The minimum atomic E-state index is -0.879. The first-order valence-electron chi connectivity index (χ1n) is 2.63. The molecule has 0 saturated heterocycles. The zero-order valence-corrected chi connectivity index (χ0v) is 6.91. The van der Waals surface area contributed by atoms with E-state index in [4.69, 9.17) is 5.73 Å². The number of hydrogen-bond acceptors (Lipinski definition) is 4. The normalized spacial score (nSPS) is 9.18. The second-order valence-electron chi connectivity index (χ2n) is 1.61. The van der Waals surface area contributed by atoms with Gasteiger partial charge in [0.1, 0.15) is 0 Å². The van der Waals surface area contributed by atoms with Crippen LogP contribution >= 0.6 is 15.9 Å². The van der Waals surface area contributed by atoms with Crippen LogP contribution in [0.15, 0.2) is 17.1 Å². The quantitative estimate of drug-likeness (QED) is 0.703. The Morgan fingerprint density at radius 2 is 2.09 bits per heavy atom. The van der Waals surface area contributed by atoms with Crippen molar-refractivity contribution in [2.24, 2.45) is 5.73 Å². The number of halogens is 1. The molecule has 11 heavy (non-hydrogen) atoms. The lowest BCUT2D eigenvalue weighted by atomic mass is 10.6. The first kappa shape index (κ1) is 7.93. The van der Waals surface area contributed by atoms with Crippen LogP contribution in [0, 0.1) is 0 Å². The molecule has 6 heteroatoms. The molecule has 1 rings (SSSR count). The fourth-order valence-corrected chi connectivity index (χ4v) is 0.674. The molecule has 0 radical (unpaired) electrons. The zero-order chi connectivity index (χ0) is 8.27. The molecule has 1 amide bonds. The maximum absolute atomic E-state index is 10.2. The Bertz CT molecular complexity index is 261. The van der Waals surface area contributed by atoms with Gasteiger partial charge >= 0.3 is 6.09 Å². The van der Waals surface area contributed by atoms with Crippen LogP contribution in [-0.4, -0.2) is 16.1 Å². The van der Waals surface area contributed by atoms with Gasteiger partial charge in [0, 0.05) is 0 Å². The first-order chi connectivity index (χ1) is 5.18. The van der Waals surface area contributed by atoms with E-state index < -0.39 is 6.09 Å². The van der Waals surface area contributed by atoms with Gasteiger partial charge in [-0.05, 0) is 15.9 Å². The average molecular weight is 218 g/mol. The van der Waals surface area contributed by atoms with E-state index >= 15 is 0 Å². The fraction of sp³-hybridized carbons (Fsp3) is 0. The molecule has 0 aromatic carbocycles. The second-order valence-corrected chi connectivity index (χ2v) is 2.32. The minimum Gasteiger partial charge on any atom is -0.407 e. The molecule has 0 aliphatic carbocycles. The smallest absolute Gasteiger partial charge is 0.407 e. The Labute approximate surface area is 70.7 Å². The fourth-order valence-electron chi connectivity index (χ4n) is 0.469. The van der Waals surface area contributed by atoms with Gasteiger partial charge in [-0.1, -0.05) is 0 Å². The molecule has 0 fully saturated rings. The van der Waals surface area contributed by atoms with Crippen LogP contribution in [0.5, 0.6) is 5.75 Å². The van der Waals surface area contributed by atoms with E-state index in [0.717, 1.165) is 0 Å². The molecular formula is C5H4BrN3O2. The van der Waals surface area contributed by atoms with Crippen LogP contribution < -0.4 is 10.5 Å². The monoisotopic (exact) mass is 217 g/mol. The molecule has 0 spiro atoms. The highest BCUT2D eigenvalue weighted by Gasteiger charge is 1.98. The maximum Gasteiger partial charge on any atom is 0.410 e. The van der Waals surface area contributed by atoms with Crippen molar-refractivity contribution in [1.29, 1.82) is 0 Å². The second kappa shape index (κ2) is 3.29. The molecule has 2 N–H and O–H groups in total. The third-order valence-corrected chi connectivity index (χ3v) is 1.22. The van der Waals surface area contributed by atoms with Gasteiger partial charge in [-0.2, -0.15) is 0 Å². The number of carbonyl (C=O) groups is 1. The van der Waals surface area contributed by atoms with Crippen molar-refractivity contribution in [1.82, 2.24) is 9.97 Å². The predicted octanol–water partition coefficient (Wildman–Crippen LogP) is 0.697. The molecule has 0 atom stereocenters. The van der Waals surface area contributed by atoms with Gasteiger partial charge in [0.05, 0.1) is 12.4 Å². The standard InChI is InChI=1S/C5H4BrN3O2/c6-4-8-1-3(2-9-4)11-5(7)10/h1-2H,(H2,7,10). The summed E-state index contributed by atoms with van der Waals surface area (Å²) < 4.78 is 4.89. The lowest BCUT2D eigenvalue weighted by molar-refractivity contribution is 0.210. The van der Waals surface area contributed by atoms with Gasteiger partial charge in [-0.15, -0.1) is 0 Å². The number of primary amides is 1. The first-order valence-corrected chi connectivity index (χ1v) is 3.42. The molecule has 0 saturated carbocycles. The van der Waals surface area contributed by atoms with Gasteiger partial charge < -0.3 is 10.5 Å². The number of nitrogens with zero attached hydrogens (tertiary/aromatic N) is 2. The highest BCUT2D eigenvalue weighted by molar-refractivity contribution is 9.10. The Morgan fingerprint density at radius 3 is 2.55 bits per heavy atom. The molecule has 58 valence electrons. The molecule has 0 bridgehead atoms. The number of amides is 1. The topological polar surface area (TPSA) is 78.1 Å². The molecule has 5 nitrogen and oxygen atoms in total. The van der Waals surface area contributed by atoms with Crippen LogP contribution in [0.3, 0.4) is 0 Å².